The van der Waals surface area contributed by atoms with E-state index >= 15 is 0 Å². The van der Waals surface area contributed by atoms with E-state index < -0.39 is 0 Å². The van der Waals surface area contributed by atoms with E-state index in [2.05, 4.69) is 31.1 Å². The van der Waals surface area contributed by atoms with Gasteiger partial charge in [-0.3, -0.25) is 4.98 Å². The first kappa shape index (κ1) is 11.9. The van der Waals surface area contributed by atoms with Gasteiger partial charge in [0.15, 0.2) is 0 Å². The number of nitrogen functional groups attached to an aromatic ring is 1. The fourth-order valence-corrected chi connectivity index (χ4v) is 2.06. The maximum absolute atomic E-state index is 5.93. The number of nitrogens with two attached hydrogens (primary N) is 1. The molecule has 0 aliphatic rings. The summed E-state index contributed by atoms with van der Waals surface area (Å²) in [6.45, 7) is 0. The molecule has 0 aliphatic carbocycles. The zero-order valence-electron chi connectivity index (χ0n) is 9.75. The molecule has 0 fully saturated rings. The van der Waals surface area contributed by atoms with Crippen LogP contribution in [0.25, 0.3) is 22.8 Å². The summed E-state index contributed by atoms with van der Waals surface area (Å²) in [6, 6.07) is 9.15. The molecule has 94 valence electrons. The van der Waals surface area contributed by atoms with Crippen LogP contribution in [0, 0.1) is 0 Å². The number of anilines is 1. The van der Waals surface area contributed by atoms with Crippen molar-refractivity contribution in [2.45, 2.75) is 0 Å². The average molecular weight is 317 g/mol. The molecule has 0 atom stereocenters. The largest absolute Gasteiger partial charge is 0.398 e. The SMILES string of the molecule is Nc1cc(Br)ccc1-c1nc(-c2ccncc2)no1. The zero-order valence-corrected chi connectivity index (χ0v) is 11.3. The molecule has 0 radical (unpaired) electrons. The Morgan fingerprint density at radius 1 is 1.11 bits per heavy atom. The Morgan fingerprint density at radius 2 is 1.89 bits per heavy atom. The summed E-state index contributed by atoms with van der Waals surface area (Å²) >= 11 is 3.36. The van der Waals surface area contributed by atoms with E-state index in [0.717, 1.165) is 15.6 Å². The summed E-state index contributed by atoms with van der Waals surface area (Å²) < 4.78 is 6.15. The number of hydrogen-bond donors (Lipinski definition) is 1. The Kier molecular flexibility index (Phi) is 3.00. The quantitative estimate of drug-likeness (QED) is 0.735. The van der Waals surface area contributed by atoms with E-state index in [1.807, 2.05) is 24.3 Å². The van der Waals surface area contributed by atoms with Crippen molar-refractivity contribution < 1.29 is 4.52 Å². The molecule has 1 aromatic carbocycles. The summed E-state index contributed by atoms with van der Waals surface area (Å²) in [4.78, 5) is 8.29. The van der Waals surface area contributed by atoms with Crippen molar-refractivity contribution in [3.8, 4) is 22.8 Å². The lowest BCUT2D eigenvalue weighted by atomic mass is 10.2. The van der Waals surface area contributed by atoms with Crippen molar-refractivity contribution in [2.75, 3.05) is 5.73 Å². The molecule has 0 bridgehead atoms. The molecule has 0 aliphatic heterocycles. The minimum absolute atomic E-state index is 0.400. The van der Waals surface area contributed by atoms with Crippen LogP contribution in [0.15, 0.2) is 51.7 Å². The van der Waals surface area contributed by atoms with E-state index in [9.17, 15) is 0 Å². The van der Waals surface area contributed by atoms with Gasteiger partial charge in [0.05, 0.1) is 5.56 Å². The lowest BCUT2D eigenvalue weighted by Gasteiger charge is -2.00. The zero-order chi connectivity index (χ0) is 13.2. The summed E-state index contributed by atoms with van der Waals surface area (Å²) in [5.41, 5.74) is 8.08. The number of pyridine rings is 1. The third-order valence-corrected chi connectivity index (χ3v) is 3.10. The highest BCUT2D eigenvalue weighted by atomic mass is 79.9. The molecule has 0 saturated heterocycles. The minimum Gasteiger partial charge on any atom is -0.398 e. The molecular formula is C13H9BrN4O. The van der Waals surface area contributed by atoms with E-state index in [1.165, 1.54) is 0 Å². The van der Waals surface area contributed by atoms with Crippen LogP contribution in [0.4, 0.5) is 5.69 Å². The Bertz CT molecular complexity index is 712. The van der Waals surface area contributed by atoms with Crippen LogP contribution in [0.2, 0.25) is 0 Å². The maximum Gasteiger partial charge on any atom is 0.260 e. The lowest BCUT2D eigenvalue weighted by molar-refractivity contribution is 0.432. The van der Waals surface area contributed by atoms with Gasteiger partial charge in [-0.2, -0.15) is 4.98 Å². The molecule has 0 saturated carbocycles. The van der Waals surface area contributed by atoms with E-state index in [4.69, 9.17) is 10.3 Å². The van der Waals surface area contributed by atoms with Gasteiger partial charge < -0.3 is 10.3 Å². The molecule has 2 N–H and O–H groups in total. The number of hydrogen-bond acceptors (Lipinski definition) is 5. The Morgan fingerprint density at radius 3 is 2.63 bits per heavy atom. The highest BCUT2D eigenvalue weighted by Gasteiger charge is 2.12. The fourth-order valence-electron chi connectivity index (χ4n) is 1.68. The van der Waals surface area contributed by atoms with Crippen molar-refractivity contribution in [1.29, 1.82) is 0 Å². The van der Waals surface area contributed by atoms with Gasteiger partial charge >= 0.3 is 0 Å². The van der Waals surface area contributed by atoms with Gasteiger partial charge in [-0.05, 0) is 30.3 Å². The molecule has 0 spiro atoms. The molecule has 6 heteroatoms. The monoisotopic (exact) mass is 316 g/mol. The molecule has 2 heterocycles. The molecule has 5 nitrogen and oxygen atoms in total. The standard InChI is InChI=1S/C13H9BrN4O/c14-9-1-2-10(11(15)7-9)13-17-12(18-19-13)8-3-5-16-6-4-8/h1-7H,15H2. The molecule has 3 rings (SSSR count). The predicted octanol–water partition coefficient (Wildman–Crippen LogP) is 3.14. The van der Waals surface area contributed by atoms with Crippen molar-refractivity contribution in [3.63, 3.8) is 0 Å². The van der Waals surface area contributed by atoms with Crippen LogP contribution in [-0.4, -0.2) is 15.1 Å². The summed E-state index contributed by atoms with van der Waals surface area (Å²) in [6.07, 6.45) is 3.36. The van der Waals surface area contributed by atoms with Crippen LogP contribution in [0.5, 0.6) is 0 Å². The lowest BCUT2D eigenvalue weighted by Crippen LogP contribution is -1.90. The Hall–Kier alpha value is -2.21. The van der Waals surface area contributed by atoms with Crippen LogP contribution in [-0.2, 0) is 0 Å². The highest BCUT2D eigenvalue weighted by Crippen LogP contribution is 2.28. The third-order valence-electron chi connectivity index (χ3n) is 2.61. The summed E-state index contributed by atoms with van der Waals surface area (Å²) in [5, 5.41) is 3.95. The first-order chi connectivity index (χ1) is 9.24. The first-order valence-corrected chi connectivity index (χ1v) is 6.33. The van der Waals surface area contributed by atoms with Gasteiger partial charge in [0.1, 0.15) is 0 Å². The van der Waals surface area contributed by atoms with Crippen LogP contribution in [0.1, 0.15) is 0 Å². The number of rotatable bonds is 2. The van der Waals surface area contributed by atoms with Crippen molar-refractivity contribution >= 4 is 21.6 Å². The normalized spacial score (nSPS) is 10.6. The summed E-state index contributed by atoms with van der Waals surface area (Å²) in [5.74, 6) is 0.913. The second-order valence-corrected chi connectivity index (χ2v) is 4.81. The maximum atomic E-state index is 5.93. The van der Waals surface area contributed by atoms with Gasteiger partial charge in [-0.25, -0.2) is 0 Å². The topological polar surface area (TPSA) is 77.8 Å². The number of halogens is 1. The van der Waals surface area contributed by atoms with Crippen molar-refractivity contribution in [1.82, 2.24) is 15.1 Å². The number of benzene rings is 1. The van der Waals surface area contributed by atoms with E-state index in [1.54, 1.807) is 18.5 Å². The van der Waals surface area contributed by atoms with Gasteiger partial charge in [0.25, 0.3) is 5.89 Å². The fraction of sp³-hybridized carbons (Fsp3) is 0. The molecule has 0 amide bonds. The van der Waals surface area contributed by atoms with Gasteiger partial charge in [-0.1, -0.05) is 21.1 Å². The van der Waals surface area contributed by atoms with Gasteiger partial charge in [-0.15, -0.1) is 0 Å². The number of aromatic nitrogens is 3. The number of nitrogens with zero attached hydrogens (tertiary/aromatic N) is 3. The van der Waals surface area contributed by atoms with E-state index in [0.29, 0.717) is 17.4 Å². The molecule has 3 aromatic rings. The molecule has 2 aromatic heterocycles. The van der Waals surface area contributed by atoms with Crippen molar-refractivity contribution in [2.24, 2.45) is 0 Å². The molecule has 19 heavy (non-hydrogen) atoms. The van der Waals surface area contributed by atoms with Gasteiger partial charge in [0, 0.05) is 28.1 Å². The van der Waals surface area contributed by atoms with Crippen LogP contribution >= 0.6 is 15.9 Å². The first-order valence-electron chi connectivity index (χ1n) is 5.53. The summed E-state index contributed by atoms with van der Waals surface area (Å²) in [7, 11) is 0. The predicted molar refractivity (Wildman–Crippen MR) is 75.1 cm³/mol. The Labute approximate surface area is 117 Å². The molecular weight excluding hydrogens is 308 g/mol. The minimum atomic E-state index is 0.400. The average Bonchev–Trinajstić information content (AvgIpc) is 2.89. The third kappa shape index (κ3) is 2.34. The second-order valence-electron chi connectivity index (χ2n) is 3.89. The van der Waals surface area contributed by atoms with Gasteiger partial charge in [0.2, 0.25) is 5.82 Å². The van der Waals surface area contributed by atoms with Crippen molar-refractivity contribution in [3.05, 3.63) is 47.2 Å². The van der Waals surface area contributed by atoms with E-state index in [-0.39, 0.29) is 0 Å². The Balaban J connectivity index is 2.02. The molecule has 0 unspecified atom stereocenters. The van der Waals surface area contributed by atoms with Crippen LogP contribution in [0.3, 0.4) is 0 Å². The smallest absolute Gasteiger partial charge is 0.260 e. The van der Waals surface area contributed by atoms with Crippen LogP contribution < -0.4 is 5.73 Å². The second kappa shape index (κ2) is 4.81. The highest BCUT2D eigenvalue weighted by molar-refractivity contribution is 9.10.